The fraction of sp³-hybridized carbons (Fsp3) is 0.125. The zero-order chi connectivity index (χ0) is 15.2. The van der Waals surface area contributed by atoms with Crippen LogP contribution in [-0.2, 0) is 0 Å². The van der Waals surface area contributed by atoms with Crippen LogP contribution < -0.4 is 10.2 Å². The molecule has 0 aromatic heterocycles. The molecule has 0 fully saturated rings. The van der Waals surface area contributed by atoms with Gasteiger partial charge in [0.05, 0.1) is 23.4 Å². The maximum atomic E-state index is 12.0. The van der Waals surface area contributed by atoms with E-state index in [1.165, 1.54) is 0 Å². The highest BCUT2D eigenvalue weighted by Crippen LogP contribution is 2.18. The first-order valence-corrected chi connectivity index (χ1v) is 6.74. The normalized spacial score (nSPS) is 11.1. The third kappa shape index (κ3) is 3.61. The van der Waals surface area contributed by atoms with Gasteiger partial charge in [-0.3, -0.25) is 4.79 Å². The molecule has 0 saturated carbocycles. The lowest BCUT2D eigenvalue weighted by Crippen LogP contribution is -2.19. The average Bonchev–Trinajstić information content (AvgIpc) is 2.52. The van der Waals surface area contributed by atoms with Gasteiger partial charge in [0.1, 0.15) is 5.75 Å². The molecule has 1 N–H and O–H groups in total. The third-order valence-corrected chi connectivity index (χ3v) is 3.27. The van der Waals surface area contributed by atoms with E-state index in [0.29, 0.717) is 22.0 Å². The molecule has 2 rings (SSSR count). The number of ether oxygens (including phenoxy) is 1. The van der Waals surface area contributed by atoms with Crippen molar-refractivity contribution in [1.29, 1.82) is 0 Å². The van der Waals surface area contributed by atoms with E-state index in [1.807, 2.05) is 24.3 Å². The van der Waals surface area contributed by atoms with Gasteiger partial charge in [-0.25, -0.2) is 5.43 Å². The maximum absolute atomic E-state index is 12.0. The minimum atomic E-state index is -0.352. The van der Waals surface area contributed by atoms with E-state index in [9.17, 15) is 4.79 Å². The van der Waals surface area contributed by atoms with E-state index >= 15 is 0 Å². The fourth-order valence-electron chi connectivity index (χ4n) is 1.84. The van der Waals surface area contributed by atoms with Crippen molar-refractivity contribution in [2.24, 2.45) is 5.10 Å². The molecule has 0 aliphatic rings. The lowest BCUT2D eigenvalue weighted by molar-refractivity contribution is 0.0955. The molecule has 0 bridgehead atoms. The monoisotopic (exact) mass is 302 g/mol. The van der Waals surface area contributed by atoms with Crippen LogP contribution in [0.1, 0.15) is 22.8 Å². The second kappa shape index (κ2) is 6.90. The van der Waals surface area contributed by atoms with Crippen LogP contribution in [0.25, 0.3) is 0 Å². The van der Waals surface area contributed by atoms with Crippen LogP contribution in [0.15, 0.2) is 53.6 Å². The maximum Gasteiger partial charge on any atom is 0.272 e. The van der Waals surface area contributed by atoms with Crippen LogP contribution in [-0.4, -0.2) is 18.7 Å². The molecule has 1 amide bonds. The van der Waals surface area contributed by atoms with Gasteiger partial charge in [0, 0.05) is 5.56 Å². The lowest BCUT2D eigenvalue weighted by Gasteiger charge is -2.08. The van der Waals surface area contributed by atoms with Gasteiger partial charge < -0.3 is 4.74 Å². The number of nitrogens with zero attached hydrogens (tertiary/aromatic N) is 1. The Hall–Kier alpha value is -2.33. The minimum absolute atomic E-state index is 0.352. The molecule has 0 unspecified atom stereocenters. The molecule has 21 heavy (non-hydrogen) atoms. The summed E-state index contributed by atoms with van der Waals surface area (Å²) in [5.41, 5.74) is 4.35. The molecule has 0 saturated heterocycles. The predicted octanol–water partition coefficient (Wildman–Crippen LogP) is 3.50. The van der Waals surface area contributed by atoms with Crippen molar-refractivity contribution in [3.63, 3.8) is 0 Å². The molecule has 0 atom stereocenters. The molecule has 2 aromatic rings. The number of amides is 1. The van der Waals surface area contributed by atoms with Crippen LogP contribution in [0, 0.1) is 0 Å². The van der Waals surface area contributed by atoms with Gasteiger partial charge >= 0.3 is 0 Å². The highest BCUT2D eigenvalue weighted by atomic mass is 35.5. The highest BCUT2D eigenvalue weighted by molar-refractivity contribution is 6.33. The van der Waals surface area contributed by atoms with Crippen molar-refractivity contribution in [2.45, 2.75) is 6.92 Å². The van der Waals surface area contributed by atoms with Crippen molar-refractivity contribution in [2.75, 3.05) is 7.11 Å². The number of rotatable bonds is 4. The summed E-state index contributed by atoms with van der Waals surface area (Å²) in [6.07, 6.45) is 0. The number of benzene rings is 2. The summed E-state index contributed by atoms with van der Waals surface area (Å²) in [5.74, 6) is 0.348. The second-order valence-electron chi connectivity index (χ2n) is 4.32. The Kier molecular flexibility index (Phi) is 4.95. The van der Waals surface area contributed by atoms with Gasteiger partial charge in [0.15, 0.2) is 0 Å². The van der Waals surface area contributed by atoms with Crippen LogP contribution in [0.5, 0.6) is 5.75 Å². The topological polar surface area (TPSA) is 50.7 Å². The lowest BCUT2D eigenvalue weighted by atomic mass is 10.1. The van der Waals surface area contributed by atoms with Gasteiger partial charge in [-0.2, -0.15) is 5.10 Å². The van der Waals surface area contributed by atoms with Crippen molar-refractivity contribution in [1.82, 2.24) is 5.43 Å². The van der Waals surface area contributed by atoms with Crippen LogP contribution >= 0.6 is 11.6 Å². The summed E-state index contributed by atoms with van der Waals surface area (Å²) in [6.45, 7) is 1.80. The van der Waals surface area contributed by atoms with Gasteiger partial charge in [0.2, 0.25) is 0 Å². The molecule has 108 valence electrons. The Morgan fingerprint density at radius 1 is 1.10 bits per heavy atom. The molecule has 2 aromatic carbocycles. The number of halogens is 1. The number of nitrogens with one attached hydrogen (secondary N) is 1. The molecular weight excluding hydrogens is 288 g/mol. The van der Waals surface area contributed by atoms with E-state index in [2.05, 4.69) is 10.5 Å². The molecular formula is C16H15ClN2O2. The summed E-state index contributed by atoms with van der Waals surface area (Å²) in [4.78, 5) is 12.0. The molecule has 4 nitrogen and oxygen atoms in total. The molecule has 0 radical (unpaired) electrons. The number of para-hydroxylation sites is 1. The standard InChI is InChI=1S/C16H15ClN2O2/c1-11(12-7-4-6-10-15(12)21-2)18-19-16(20)13-8-3-5-9-14(13)17/h3-10H,1-2H3,(H,19,20)/b18-11-. The smallest absolute Gasteiger partial charge is 0.272 e. The van der Waals surface area contributed by atoms with Crippen LogP contribution in [0.3, 0.4) is 0 Å². The van der Waals surface area contributed by atoms with E-state index < -0.39 is 0 Å². The Balaban J connectivity index is 2.17. The zero-order valence-corrected chi connectivity index (χ0v) is 12.5. The van der Waals surface area contributed by atoms with Crippen molar-refractivity contribution < 1.29 is 9.53 Å². The van der Waals surface area contributed by atoms with Gasteiger partial charge in [0.25, 0.3) is 5.91 Å². The van der Waals surface area contributed by atoms with Crippen molar-refractivity contribution >= 4 is 23.2 Å². The van der Waals surface area contributed by atoms with Gasteiger partial charge in [-0.15, -0.1) is 0 Å². The van der Waals surface area contributed by atoms with Gasteiger partial charge in [-0.05, 0) is 31.2 Å². The molecule has 0 aliphatic carbocycles. The minimum Gasteiger partial charge on any atom is -0.496 e. The van der Waals surface area contributed by atoms with E-state index in [4.69, 9.17) is 16.3 Å². The largest absolute Gasteiger partial charge is 0.496 e. The van der Waals surface area contributed by atoms with Crippen molar-refractivity contribution in [3.8, 4) is 5.75 Å². The average molecular weight is 303 g/mol. The van der Waals surface area contributed by atoms with E-state index in [-0.39, 0.29) is 5.91 Å². The number of hydrogen-bond donors (Lipinski definition) is 1. The number of carbonyl (C=O) groups excluding carboxylic acids is 1. The number of hydrazone groups is 1. The van der Waals surface area contributed by atoms with Crippen molar-refractivity contribution in [3.05, 3.63) is 64.7 Å². The molecule has 5 heteroatoms. The Bertz CT molecular complexity index is 683. The van der Waals surface area contributed by atoms with Crippen LogP contribution in [0.4, 0.5) is 0 Å². The SMILES string of the molecule is COc1ccccc1/C(C)=N\NC(=O)c1ccccc1Cl. The summed E-state index contributed by atoms with van der Waals surface area (Å²) in [5, 5.41) is 4.49. The van der Waals surface area contributed by atoms with E-state index in [0.717, 1.165) is 5.56 Å². The fourth-order valence-corrected chi connectivity index (χ4v) is 2.07. The predicted molar refractivity (Wildman–Crippen MR) is 84.1 cm³/mol. The number of methoxy groups -OCH3 is 1. The van der Waals surface area contributed by atoms with Gasteiger partial charge in [-0.1, -0.05) is 35.9 Å². The van der Waals surface area contributed by atoms with E-state index in [1.54, 1.807) is 38.3 Å². The summed E-state index contributed by atoms with van der Waals surface area (Å²) >= 11 is 5.97. The zero-order valence-electron chi connectivity index (χ0n) is 11.8. The Morgan fingerprint density at radius 3 is 2.38 bits per heavy atom. The third-order valence-electron chi connectivity index (χ3n) is 2.94. The summed E-state index contributed by atoms with van der Waals surface area (Å²) in [7, 11) is 1.59. The number of carbonyl (C=O) groups is 1. The quantitative estimate of drug-likeness (QED) is 0.694. The first-order chi connectivity index (χ1) is 10.1. The first kappa shape index (κ1) is 15.1. The second-order valence-corrected chi connectivity index (χ2v) is 4.73. The van der Waals surface area contributed by atoms with Crippen LogP contribution in [0.2, 0.25) is 5.02 Å². The highest BCUT2D eigenvalue weighted by Gasteiger charge is 2.10. The Morgan fingerprint density at radius 2 is 1.71 bits per heavy atom. The molecule has 0 aliphatic heterocycles. The molecule has 0 heterocycles. The summed E-state index contributed by atoms with van der Waals surface area (Å²) in [6, 6.07) is 14.3. The number of hydrogen-bond acceptors (Lipinski definition) is 3. The summed E-state index contributed by atoms with van der Waals surface area (Å²) < 4.78 is 5.26. The molecule has 0 spiro atoms. The first-order valence-electron chi connectivity index (χ1n) is 6.36. The Labute approximate surface area is 128 Å².